The molecule has 0 amide bonds. The zero-order valence-corrected chi connectivity index (χ0v) is 24.1. The minimum atomic E-state index is -3.77. The SMILES string of the molecule is CCN(CCCCN(Cc1cccnc1F)Cc1cn(S(=O)(=O)c2ccccc2)c2ccccc12)C1CCCC1. The molecule has 0 bridgehead atoms. The normalized spacial score (nSPS) is 14.6. The molecule has 212 valence electrons. The van der Waals surface area contributed by atoms with Crippen molar-refractivity contribution in [1.82, 2.24) is 18.8 Å². The highest BCUT2D eigenvalue weighted by Crippen LogP contribution is 2.28. The van der Waals surface area contributed by atoms with Crippen LogP contribution in [0.4, 0.5) is 4.39 Å². The van der Waals surface area contributed by atoms with E-state index in [1.54, 1.807) is 48.7 Å². The summed E-state index contributed by atoms with van der Waals surface area (Å²) in [4.78, 5) is 8.93. The van der Waals surface area contributed by atoms with Crippen molar-refractivity contribution in [3.05, 3.63) is 96.2 Å². The van der Waals surface area contributed by atoms with Crippen LogP contribution in [-0.2, 0) is 23.1 Å². The second-order valence-electron chi connectivity index (χ2n) is 10.7. The number of para-hydroxylation sites is 1. The molecule has 2 heterocycles. The van der Waals surface area contributed by atoms with Gasteiger partial charge in [-0.2, -0.15) is 4.39 Å². The monoisotopic (exact) mass is 562 g/mol. The molecule has 1 fully saturated rings. The smallest absolute Gasteiger partial charge is 0.268 e. The third kappa shape index (κ3) is 6.45. The number of aromatic nitrogens is 2. The molecule has 1 saturated carbocycles. The molecule has 5 rings (SSSR count). The first-order valence-electron chi connectivity index (χ1n) is 14.4. The molecule has 2 aromatic carbocycles. The first kappa shape index (κ1) is 28.5. The summed E-state index contributed by atoms with van der Waals surface area (Å²) in [5, 5.41) is 0.886. The largest absolute Gasteiger partial charge is 0.301 e. The van der Waals surface area contributed by atoms with Gasteiger partial charge in [-0.3, -0.25) is 4.90 Å². The lowest BCUT2D eigenvalue weighted by molar-refractivity contribution is 0.194. The lowest BCUT2D eigenvalue weighted by atomic mass is 10.1. The molecule has 0 N–H and O–H groups in total. The Kier molecular flexibility index (Phi) is 9.29. The van der Waals surface area contributed by atoms with Gasteiger partial charge in [0.15, 0.2) is 0 Å². The summed E-state index contributed by atoms with van der Waals surface area (Å²) in [5.41, 5.74) is 2.09. The van der Waals surface area contributed by atoms with Crippen LogP contribution in [0.25, 0.3) is 10.9 Å². The van der Waals surface area contributed by atoms with Crippen molar-refractivity contribution in [2.45, 2.75) is 69.5 Å². The van der Waals surface area contributed by atoms with Gasteiger partial charge in [0.05, 0.1) is 10.4 Å². The third-order valence-corrected chi connectivity index (χ3v) is 9.79. The predicted molar refractivity (Wildman–Crippen MR) is 158 cm³/mol. The van der Waals surface area contributed by atoms with Crippen molar-refractivity contribution < 1.29 is 12.8 Å². The quantitative estimate of drug-likeness (QED) is 0.138. The standard InChI is InChI=1S/C32H39FN4O2S/c1-2-36(28-14-6-7-15-28)22-11-10-21-35(23-26-13-12-20-34-32(26)33)24-27-25-37(31-19-9-8-18-30(27)31)40(38,39)29-16-4-3-5-17-29/h3-5,8-9,12-13,16-20,25,28H,2,6-7,10-11,14-15,21-24H2,1H3. The van der Waals surface area contributed by atoms with Gasteiger partial charge in [-0.05, 0) is 75.1 Å². The van der Waals surface area contributed by atoms with Gasteiger partial charge in [0.25, 0.3) is 10.0 Å². The van der Waals surface area contributed by atoms with Crippen LogP contribution in [0.1, 0.15) is 56.6 Å². The van der Waals surface area contributed by atoms with Crippen LogP contribution in [0.2, 0.25) is 0 Å². The molecule has 4 aromatic rings. The van der Waals surface area contributed by atoms with E-state index in [4.69, 9.17) is 0 Å². The van der Waals surface area contributed by atoms with Crippen molar-refractivity contribution in [1.29, 1.82) is 0 Å². The zero-order valence-electron chi connectivity index (χ0n) is 23.3. The Morgan fingerprint density at radius 3 is 2.35 bits per heavy atom. The van der Waals surface area contributed by atoms with Gasteiger partial charge in [-0.15, -0.1) is 0 Å². The molecule has 2 aromatic heterocycles. The summed E-state index contributed by atoms with van der Waals surface area (Å²) in [7, 11) is -3.77. The molecule has 6 nitrogen and oxygen atoms in total. The van der Waals surface area contributed by atoms with Crippen LogP contribution >= 0.6 is 0 Å². The molecule has 0 spiro atoms. The number of hydrogen-bond donors (Lipinski definition) is 0. The number of fused-ring (bicyclic) bond motifs is 1. The Balaban J connectivity index is 1.38. The van der Waals surface area contributed by atoms with E-state index in [0.717, 1.165) is 43.4 Å². The van der Waals surface area contributed by atoms with Crippen molar-refractivity contribution in [3.8, 4) is 0 Å². The summed E-state index contributed by atoms with van der Waals surface area (Å²) in [6, 6.07) is 20.3. The number of benzene rings is 2. The van der Waals surface area contributed by atoms with Crippen LogP contribution in [-0.4, -0.2) is 52.9 Å². The maximum atomic E-state index is 14.6. The Bertz CT molecular complexity index is 1500. The summed E-state index contributed by atoms with van der Waals surface area (Å²) in [6.45, 7) is 6.09. The summed E-state index contributed by atoms with van der Waals surface area (Å²) < 4.78 is 43.1. The number of halogens is 1. The van der Waals surface area contributed by atoms with Gasteiger partial charge in [0, 0.05) is 42.5 Å². The Morgan fingerprint density at radius 1 is 0.900 bits per heavy atom. The second kappa shape index (κ2) is 13.1. The maximum Gasteiger partial charge on any atom is 0.268 e. The van der Waals surface area contributed by atoms with Crippen LogP contribution in [0.15, 0.2) is 84.0 Å². The average Bonchev–Trinajstić information content (AvgIpc) is 3.64. The van der Waals surface area contributed by atoms with E-state index < -0.39 is 16.0 Å². The molecule has 8 heteroatoms. The molecule has 0 radical (unpaired) electrons. The Hall–Kier alpha value is -3.07. The van der Waals surface area contributed by atoms with Gasteiger partial charge in [-0.1, -0.05) is 62.2 Å². The van der Waals surface area contributed by atoms with E-state index in [-0.39, 0.29) is 4.90 Å². The summed E-state index contributed by atoms with van der Waals surface area (Å²) in [6.07, 6.45) is 10.5. The number of pyridine rings is 1. The van der Waals surface area contributed by atoms with E-state index in [1.807, 2.05) is 24.3 Å². The Morgan fingerprint density at radius 2 is 1.60 bits per heavy atom. The fourth-order valence-corrected chi connectivity index (χ4v) is 7.41. The minimum Gasteiger partial charge on any atom is -0.301 e. The van der Waals surface area contributed by atoms with Gasteiger partial charge in [0.2, 0.25) is 5.95 Å². The average molecular weight is 563 g/mol. The van der Waals surface area contributed by atoms with Crippen molar-refractivity contribution in [2.24, 2.45) is 0 Å². The van der Waals surface area contributed by atoms with Crippen LogP contribution < -0.4 is 0 Å². The topological polar surface area (TPSA) is 58.4 Å². The molecular formula is C32H39FN4O2S. The van der Waals surface area contributed by atoms with E-state index in [9.17, 15) is 12.8 Å². The van der Waals surface area contributed by atoms with E-state index in [2.05, 4.69) is 21.7 Å². The van der Waals surface area contributed by atoms with Crippen LogP contribution in [0.5, 0.6) is 0 Å². The van der Waals surface area contributed by atoms with E-state index in [1.165, 1.54) is 35.9 Å². The highest BCUT2D eigenvalue weighted by molar-refractivity contribution is 7.90. The molecule has 0 atom stereocenters. The second-order valence-corrected chi connectivity index (χ2v) is 12.5. The predicted octanol–water partition coefficient (Wildman–Crippen LogP) is 6.46. The Labute approximate surface area is 237 Å². The fourth-order valence-electron chi connectivity index (χ4n) is 6.00. The van der Waals surface area contributed by atoms with Gasteiger partial charge in [0.1, 0.15) is 0 Å². The summed E-state index contributed by atoms with van der Waals surface area (Å²) >= 11 is 0. The van der Waals surface area contributed by atoms with Crippen LogP contribution in [0.3, 0.4) is 0 Å². The molecule has 1 aliphatic carbocycles. The first-order valence-corrected chi connectivity index (χ1v) is 15.9. The maximum absolute atomic E-state index is 14.6. The van der Waals surface area contributed by atoms with Crippen molar-refractivity contribution in [3.63, 3.8) is 0 Å². The van der Waals surface area contributed by atoms with Gasteiger partial charge in [-0.25, -0.2) is 17.4 Å². The first-order chi connectivity index (χ1) is 19.5. The molecule has 1 aliphatic rings. The third-order valence-electron chi connectivity index (χ3n) is 8.10. The lowest BCUT2D eigenvalue weighted by Crippen LogP contribution is -2.34. The number of nitrogens with zero attached hydrogens (tertiary/aromatic N) is 4. The van der Waals surface area contributed by atoms with E-state index in [0.29, 0.717) is 30.2 Å². The highest BCUT2D eigenvalue weighted by Gasteiger charge is 2.23. The fraction of sp³-hybridized carbons (Fsp3) is 0.406. The minimum absolute atomic E-state index is 0.249. The zero-order chi connectivity index (χ0) is 28.0. The van der Waals surface area contributed by atoms with Crippen molar-refractivity contribution in [2.75, 3.05) is 19.6 Å². The molecular weight excluding hydrogens is 523 g/mol. The summed E-state index contributed by atoms with van der Waals surface area (Å²) in [5.74, 6) is -0.458. The molecule has 40 heavy (non-hydrogen) atoms. The number of hydrogen-bond acceptors (Lipinski definition) is 5. The van der Waals surface area contributed by atoms with Crippen LogP contribution in [0, 0.1) is 5.95 Å². The molecule has 0 saturated heterocycles. The van der Waals surface area contributed by atoms with Gasteiger partial charge >= 0.3 is 0 Å². The van der Waals surface area contributed by atoms with Crippen molar-refractivity contribution >= 4 is 20.9 Å². The number of rotatable bonds is 13. The highest BCUT2D eigenvalue weighted by atomic mass is 32.2. The number of unbranched alkanes of at least 4 members (excludes halogenated alkanes) is 1. The van der Waals surface area contributed by atoms with E-state index >= 15 is 0 Å². The lowest BCUT2D eigenvalue weighted by Gasteiger charge is -2.28. The molecule has 0 aliphatic heterocycles. The van der Waals surface area contributed by atoms with Gasteiger partial charge < -0.3 is 4.90 Å². The molecule has 0 unspecified atom stereocenters.